The second kappa shape index (κ2) is 4.00. The van der Waals surface area contributed by atoms with Crippen LogP contribution in [0, 0.1) is 0 Å². The van der Waals surface area contributed by atoms with Crippen molar-refractivity contribution < 1.29 is 9.53 Å². The van der Waals surface area contributed by atoms with Gasteiger partial charge in [0, 0.05) is 13.0 Å². The number of aromatic nitrogens is 3. The predicted octanol–water partition coefficient (Wildman–Crippen LogP) is 0.891. The third-order valence-electron chi connectivity index (χ3n) is 2.67. The van der Waals surface area contributed by atoms with E-state index in [-0.39, 0.29) is 11.9 Å². The normalized spacial score (nSPS) is 16.1. The molecular weight excluding hydrogens is 194 g/mol. The molecule has 0 N–H and O–H groups in total. The Kier molecular flexibility index (Phi) is 2.70. The number of hydrogen-bond acceptors (Lipinski definition) is 4. The zero-order valence-corrected chi connectivity index (χ0v) is 9.06. The van der Waals surface area contributed by atoms with Gasteiger partial charge in [0.15, 0.2) is 0 Å². The van der Waals surface area contributed by atoms with Crippen LogP contribution in [-0.4, -0.2) is 27.3 Å². The number of esters is 1. The average Bonchev–Trinajstić information content (AvgIpc) is 2.77. The summed E-state index contributed by atoms with van der Waals surface area (Å²) in [5.41, 5.74) is 0. The quantitative estimate of drug-likeness (QED) is 0.694. The summed E-state index contributed by atoms with van der Waals surface area (Å²) in [5, 5.41) is 8.12. The fraction of sp³-hybridized carbons (Fsp3) is 0.700. The summed E-state index contributed by atoms with van der Waals surface area (Å²) in [7, 11) is 0. The largest absolute Gasteiger partial charge is 0.465 e. The summed E-state index contributed by atoms with van der Waals surface area (Å²) in [5.74, 6) is 1.19. The average molecular weight is 209 g/mol. The first-order valence-corrected chi connectivity index (χ1v) is 5.32. The highest BCUT2D eigenvalue weighted by molar-refractivity contribution is 5.76. The molecule has 1 aromatic rings. The van der Waals surface area contributed by atoms with Crippen LogP contribution in [0.5, 0.6) is 0 Å². The molecular formula is C10H15N3O2. The Hall–Kier alpha value is -1.39. The lowest BCUT2D eigenvalue weighted by atomic mass is 10.2. The number of fused-ring (bicyclic) bond motifs is 1. The van der Waals surface area contributed by atoms with Crippen molar-refractivity contribution in [3.05, 3.63) is 11.6 Å². The molecule has 0 fully saturated rings. The maximum absolute atomic E-state index is 11.5. The molecule has 5 nitrogen and oxygen atoms in total. The molecule has 2 rings (SSSR count). The van der Waals surface area contributed by atoms with Gasteiger partial charge in [0.05, 0.1) is 6.61 Å². The van der Waals surface area contributed by atoms with Crippen molar-refractivity contribution in [2.75, 3.05) is 6.61 Å². The Labute approximate surface area is 88.4 Å². The van der Waals surface area contributed by atoms with Gasteiger partial charge in [0.1, 0.15) is 17.6 Å². The van der Waals surface area contributed by atoms with Crippen molar-refractivity contribution in [2.24, 2.45) is 0 Å². The van der Waals surface area contributed by atoms with Crippen molar-refractivity contribution in [3.8, 4) is 0 Å². The number of rotatable bonds is 3. The summed E-state index contributed by atoms with van der Waals surface area (Å²) in [6.07, 6.45) is 2.05. The minimum Gasteiger partial charge on any atom is -0.465 e. The van der Waals surface area contributed by atoms with E-state index in [1.807, 2.05) is 11.5 Å². The van der Waals surface area contributed by atoms with Crippen LogP contribution in [0.2, 0.25) is 0 Å². The number of carbonyl (C=O) groups excluding carboxylic acids is 1. The lowest BCUT2D eigenvalue weighted by molar-refractivity contribution is -0.144. The van der Waals surface area contributed by atoms with E-state index in [9.17, 15) is 4.79 Å². The fourth-order valence-electron chi connectivity index (χ4n) is 1.87. The van der Waals surface area contributed by atoms with E-state index in [0.717, 1.165) is 31.0 Å². The molecule has 0 saturated carbocycles. The van der Waals surface area contributed by atoms with Gasteiger partial charge in [-0.25, -0.2) is 0 Å². The number of ether oxygens (including phenoxy) is 1. The standard InChI is InChI=1S/C10H15N3O2/c1-3-15-10(14)7(2)9-12-11-8-5-4-6-13(8)9/h7H,3-6H2,1-2H3. The first-order chi connectivity index (χ1) is 7.24. The van der Waals surface area contributed by atoms with Gasteiger partial charge in [-0.1, -0.05) is 0 Å². The maximum atomic E-state index is 11.5. The zero-order valence-electron chi connectivity index (χ0n) is 9.06. The van der Waals surface area contributed by atoms with Gasteiger partial charge < -0.3 is 9.30 Å². The Morgan fingerprint density at radius 1 is 1.60 bits per heavy atom. The topological polar surface area (TPSA) is 57.0 Å². The Bertz CT molecular complexity index is 373. The summed E-state index contributed by atoms with van der Waals surface area (Å²) in [4.78, 5) is 11.5. The van der Waals surface area contributed by atoms with Gasteiger partial charge in [-0.15, -0.1) is 10.2 Å². The van der Waals surface area contributed by atoms with Gasteiger partial charge in [-0.2, -0.15) is 0 Å². The molecule has 1 aromatic heterocycles. The molecule has 0 aliphatic carbocycles. The van der Waals surface area contributed by atoms with Crippen LogP contribution in [0.4, 0.5) is 0 Å². The van der Waals surface area contributed by atoms with Crippen LogP contribution >= 0.6 is 0 Å². The van der Waals surface area contributed by atoms with Gasteiger partial charge in [0.2, 0.25) is 0 Å². The SMILES string of the molecule is CCOC(=O)C(C)c1nnc2n1CCC2. The molecule has 82 valence electrons. The van der Waals surface area contributed by atoms with E-state index in [0.29, 0.717) is 6.61 Å². The molecule has 0 bridgehead atoms. The smallest absolute Gasteiger partial charge is 0.316 e. The zero-order chi connectivity index (χ0) is 10.8. The van der Waals surface area contributed by atoms with Crippen molar-refractivity contribution in [2.45, 2.75) is 39.2 Å². The van der Waals surface area contributed by atoms with E-state index in [4.69, 9.17) is 4.74 Å². The van der Waals surface area contributed by atoms with E-state index in [2.05, 4.69) is 10.2 Å². The molecule has 0 amide bonds. The molecule has 2 heterocycles. The van der Waals surface area contributed by atoms with Crippen molar-refractivity contribution >= 4 is 5.97 Å². The van der Waals surface area contributed by atoms with Crippen LogP contribution in [0.15, 0.2) is 0 Å². The van der Waals surface area contributed by atoms with Crippen LogP contribution in [0.1, 0.15) is 37.8 Å². The number of aryl methyl sites for hydroxylation is 1. The predicted molar refractivity (Wildman–Crippen MR) is 53.4 cm³/mol. The third kappa shape index (κ3) is 1.73. The lowest BCUT2D eigenvalue weighted by Gasteiger charge is -2.10. The van der Waals surface area contributed by atoms with Crippen molar-refractivity contribution in [1.82, 2.24) is 14.8 Å². The molecule has 1 unspecified atom stereocenters. The summed E-state index contributed by atoms with van der Waals surface area (Å²) >= 11 is 0. The molecule has 0 spiro atoms. The van der Waals surface area contributed by atoms with Crippen LogP contribution in [0.25, 0.3) is 0 Å². The molecule has 0 radical (unpaired) electrons. The monoisotopic (exact) mass is 209 g/mol. The molecule has 1 atom stereocenters. The molecule has 15 heavy (non-hydrogen) atoms. The number of hydrogen-bond donors (Lipinski definition) is 0. The minimum absolute atomic E-state index is 0.223. The summed E-state index contributed by atoms with van der Waals surface area (Å²) in [6, 6.07) is 0. The van der Waals surface area contributed by atoms with Gasteiger partial charge in [-0.3, -0.25) is 4.79 Å². The highest BCUT2D eigenvalue weighted by Crippen LogP contribution is 2.21. The van der Waals surface area contributed by atoms with E-state index in [1.54, 1.807) is 6.92 Å². The van der Waals surface area contributed by atoms with E-state index in [1.165, 1.54) is 0 Å². The minimum atomic E-state index is -0.315. The molecule has 5 heteroatoms. The second-order valence-corrected chi connectivity index (χ2v) is 3.70. The summed E-state index contributed by atoms with van der Waals surface area (Å²) < 4.78 is 7.00. The lowest BCUT2D eigenvalue weighted by Crippen LogP contribution is -2.17. The Balaban J connectivity index is 2.18. The first kappa shape index (κ1) is 10.1. The maximum Gasteiger partial charge on any atom is 0.316 e. The third-order valence-corrected chi connectivity index (χ3v) is 2.67. The van der Waals surface area contributed by atoms with E-state index < -0.39 is 0 Å². The van der Waals surface area contributed by atoms with E-state index >= 15 is 0 Å². The van der Waals surface area contributed by atoms with Crippen LogP contribution < -0.4 is 0 Å². The fourth-order valence-corrected chi connectivity index (χ4v) is 1.87. The number of nitrogens with zero attached hydrogens (tertiary/aromatic N) is 3. The molecule has 1 aliphatic heterocycles. The van der Waals surface area contributed by atoms with Crippen molar-refractivity contribution in [3.63, 3.8) is 0 Å². The first-order valence-electron chi connectivity index (χ1n) is 5.32. The highest BCUT2D eigenvalue weighted by atomic mass is 16.5. The molecule has 0 aromatic carbocycles. The second-order valence-electron chi connectivity index (χ2n) is 3.70. The Morgan fingerprint density at radius 2 is 2.40 bits per heavy atom. The van der Waals surface area contributed by atoms with Crippen LogP contribution in [0.3, 0.4) is 0 Å². The van der Waals surface area contributed by atoms with Crippen molar-refractivity contribution in [1.29, 1.82) is 0 Å². The summed E-state index contributed by atoms with van der Waals surface area (Å²) in [6.45, 7) is 4.94. The van der Waals surface area contributed by atoms with Gasteiger partial charge in [0.25, 0.3) is 0 Å². The molecule has 0 saturated heterocycles. The van der Waals surface area contributed by atoms with Crippen LogP contribution in [-0.2, 0) is 22.5 Å². The number of carbonyl (C=O) groups is 1. The highest BCUT2D eigenvalue weighted by Gasteiger charge is 2.26. The Morgan fingerprint density at radius 3 is 3.13 bits per heavy atom. The molecule has 1 aliphatic rings. The van der Waals surface area contributed by atoms with Gasteiger partial charge >= 0.3 is 5.97 Å². The van der Waals surface area contributed by atoms with Gasteiger partial charge in [-0.05, 0) is 20.3 Å².